The van der Waals surface area contributed by atoms with Gasteiger partial charge < -0.3 is 20.1 Å². The highest BCUT2D eigenvalue weighted by atomic mass is 32.2. The van der Waals surface area contributed by atoms with Gasteiger partial charge in [-0.2, -0.15) is 0 Å². The molecule has 0 aliphatic carbocycles. The van der Waals surface area contributed by atoms with E-state index >= 15 is 0 Å². The first-order chi connectivity index (χ1) is 8.91. The van der Waals surface area contributed by atoms with Gasteiger partial charge in [-0.15, -0.1) is 0 Å². The van der Waals surface area contributed by atoms with Crippen molar-refractivity contribution < 1.29 is 23.2 Å². The van der Waals surface area contributed by atoms with E-state index in [2.05, 4.69) is 5.32 Å². The van der Waals surface area contributed by atoms with Gasteiger partial charge in [-0.3, -0.25) is 0 Å². The summed E-state index contributed by atoms with van der Waals surface area (Å²) >= 11 is 0. The molecule has 1 aromatic carbocycles. The molecule has 1 aliphatic rings. The Morgan fingerprint density at radius 1 is 1.42 bits per heavy atom. The molecule has 0 spiro atoms. The molecule has 0 saturated carbocycles. The minimum absolute atomic E-state index is 0.0835. The summed E-state index contributed by atoms with van der Waals surface area (Å²) < 4.78 is 28.7. The smallest absolute Gasteiger partial charge is 0.423 e. The fourth-order valence-corrected chi connectivity index (χ4v) is 2.95. The number of hydrogen-bond donors (Lipinski definition) is 4. The van der Waals surface area contributed by atoms with Crippen LogP contribution < -0.4 is 15.9 Å². The number of primary sulfonamides is 1. The Morgan fingerprint density at radius 3 is 2.68 bits per heavy atom. The number of nitrogens with two attached hydrogens (primary N) is 1. The van der Waals surface area contributed by atoms with Crippen molar-refractivity contribution in [2.75, 3.05) is 19.7 Å². The summed E-state index contributed by atoms with van der Waals surface area (Å²) in [5, 5.41) is 27.0. The Hall–Kier alpha value is -0.965. The maximum absolute atomic E-state index is 11.6. The van der Waals surface area contributed by atoms with Gasteiger partial charge in [0.2, 0.25) is 10.0 Å². The van der Waals surface area contributed by atoms with Crippen LogP contribution in [0.4, 0.5) is 0 Å². The van der Waals surface area contributed by atoms with E-state index in [1.807, 2.05) is 0 Å². The number of rotatable bonds is 3. The zero-order chi connectivity index (χ0) is 14.0. The van der Waals surface area contributed by atoms with Crippen molar-refractivity contribution in [3.8, 4) is 0 Å². The quantitative estimate of drug-likeness (QED) is 0.463. The van der Waals surface area contributed by atoms with Crippen LogP contribution >= 0.6 is 0 Å². The standard InChI is InChI=1S/C10H15BN2O5S/c12-19(16,17)9-3-1-2-7(11(14)15)10(9)8-6-13-4-5-18-8/h1-3,8,13-15H,4-6H2,(H2,12,16,17). The molecule has 9 heteroatoms. The number of morpholine rings is 1. The Morgan fingerprint density at radius 2 is 2.16 bits per heavy atom. The molecular weight excluding hydrogens is 271 g/mol. The van der Waals surface area contributed by atoms with Crippen molar-refractivity contribution in [1.29, 1.82) is 0 Å². The van der Waals surface area contributed by atoms with Gasteiger partial charge >= 0.3 is 7.12 Å². The van der Waals surface area contributed by atoms with Gasteiger partial charge in [-0.25, -0.2) is 13.6 Å². The van der Waals surface area contributed by atoms with Gasteiger partial charge in [0, 0.05) is 18.7 Å². The van der Waals surface area contributed by atoms with Crippen LogP contribution in [-0.2, 0) is 14.8 Å². The van der Waals surface area contributed by atoms with Crippen LogP contribution in [0.15, 0.2) is 23.1 Å². The van der Waals surface area contributed by atoms with Gasteiger partial charge in [0.1, 0.15) is 0 Å². The van der Waals surface area contributed by atoms with Crippen LogP contribution in [0.1, 0.15) is 11.7 Å². The lowest BCUT2D eigenvalue weighted by atomic mass is 9.75. The minimum atomic E-state index is -3.97. The molecule has 7 nitrogen and oxygen atoms in total. The van der Waals surface area contributed by atoms with Crippen molar-refractivity contribution >= 4 is 22.6 Å². The molecular formula is C10H15BN2O5S. The summed E-state index contributed by atoms with van der Waals surface area (Å²) in [6.07, 6.45) is -0.583. The van der Waals surface area contributed by atoms with E-state index in [1.165, 1.54) is 18.2 Å². The Balaban J connectivity index is 2.58. The average molecular weight is 286 g/mol. The summed E-state index contributed by atoms with van der Waals surface area (Å²) in [4.78, 5) is -0.146. The molecule has 1 saturated heterocycles. The van der Waals surface area contributed by atoms with Crippen LogP contribution in [-0.4, -0.2) is 45.3 Å². The van der Waals surface area contributed by atoms with Crippen molar-refractivity contribution in [3.05, 3.63) is 23.8 Å². The lowest BCUT2D eigenvalue weighted by Gasteiger charge is -2.27. The highest BCUT2D eigenvalue weighted by Crippen LogP contribution is 2.24. The average Bonchev–Trinajstić information content (AvgIpc) is 2.37. The van der Waals surface area contributed by atoms with Crippen LogP contribution in [0.5, 0.6) is 0 Å². The lowest BCUT2D eigenvalue weighted by Crippen LogP contribution is -2.41. The molecule has 0 amide bonds. The van der Waals surface area contributed by atoms with Gasteiger partial charge in [0.25, 0.3) is 0 Å². The van der Waals surface area contributed by atoms with E-state index in [4.69, 9.17) is 9.88 Å². The predicted molar refractivity (Wildman–Crippen MR) is 69.2 cm³/mol. The second-order valence-electron chi connectivity index (χ2n) is 4.24. The zero-order valence-electron chi connectivity index (χ0n) is 10.1. The summed E-state index contributed by atoms with van der Waals surface area (Å²) in [5.74, 6) is 0. The molecule has 2 rings (SSSR count). The van der Waals surface area contributed by atoms with Crippen molar-refractivity contribution in [1.82, 2.24) is 5.32 Å². The molecule has 1 fully saturated rings. The predicted octanol–water partition coefficient (Wildman–Crippen LogP) is -2.33. The molecule has 1 heterocycles. The third-order valence-electron chi connectivity index (χ3n) is 2.93. The summed E-state index contributed by atoms with van der Waals surface area (Å²) in [6.45, 7) is 1.45. The van der Waals surface area contributed by atoms with E-state index < -0.39 is 23.2 Å². The van der Waals surface area contributed by atoms with E-state index in [-0.39, 0.29) is 15.9 Å². The zero-order valence-corrected chi connectivity index (χ0v) is 10.9. The Kier molecular flexibility index (Phi) is 4.24. The lowest BCUT2D eigenvalue weighted by molar-refractivity contribution is 0.0265. The van der Waals surface area contributed by atoms with E-state index in [0.29, 0.717) is 19.7 Å². The normalized spacial score (nSPS) is 20.3. The summed E-state index contributed by atoms with van der Waals surface area (Å²) in [7, 11) is -5.76. The molecule has 104 valence electrons. The first-order valence-electron chi connectivity index (χ1n) is 5.75. The molecule has 0 bridgehead atoms. The van der Waals surface area contributed by atoms with Gasteiger partial charge in [-0.05, 0) is 11.5 Å². The highest BCUT2D eigenvalue weighted by molar-refractivity contribution is 7.89. The molecule has 5 N–H and O–H groups in total. The second-order valence-corrected chi connectivity index (χ2v) is 5.77. The van der Waals surface area contributed by atoms with Gasteiger partial charge in [0.15, 0.2) is 0 Å². The summed E-state index contributed by atoms with van der Waals surface area (Å²) in [6, 6.07) is 4.18. The molecule has 0 radical (unpaired) electrons. The number of nitrogens with one attached hydrogen (secondary N) is 1. The molecule has 1 aliphatic heterocycles. The van der Waals surface area contributed by atoms with Crippen molar-refractivity contribution in [2.24, 2.45) is 5.14 Å². The van der Waals surface area contributed by atoms with Crippen molar-refractivity contribution in [3.63, 3.8) is 0 Å². The molecule has 1 aromatic rings. The molecule has 19 heavy (non-hydrogen) atoms. The number of ether oxygens (including phenoxy) is 1. The number of hydrogen-bond acceptors (Lipinski definition) is 6. The maximum atomic E-state index is 11.6. The number of benzene rings is 1. The number of sulfonamides is 1. The molecule has 1 unspecified atom stereocenters. The Bertz CT molecular complexity index is 557. The highest BCUT2D eigenvalue weighted by Gasteiger charge is 2.29. The van der Waals surface area contributed by atoms with Crippen LogP contribution in [0.3, 0.4) is 0 Å². The second kappa shape index (κ2) is 5.57. The van der Waals surface area contributed by atoms with Crippen molar-refractivity contribution in [2.45, 2.75) is 11.0 Å². The fraction of sp³-hybridized carbons (Fsp3) is 0.400. The SMILES string of the molecule is NS(=O)(=O)c1cccc(B(O)O)c1C1CNCCO1. The maximum Gasteiger partial charge on any atom is 0.488 e. The monoisotopic (exact) mass is 286 g/mol. The van der Waals surface area contributed by atoms with E-state index in [0.717, 1.165) is 0 Å². The molecule has 1 atom stereocenters. The third-order valence-corrected chi connectivity index (χ3v) is 3.90. The third kappa shape index (κ3) is 3.14. The van der Waals surface area contributed by atoms with Crippen LogP contribution in [0, 0.1) is 0 Å². The van der Waals surface area contributed by atoms with Crippen LogP contribution in [0.2, 0.25) is 0 Å². The summed E-state index contributed by atoms with van der Waals surface area (Å²) in [5.41, 5.74) is 0.285. The van der Waals surface area contributed by atoms with Gasteiger partial charge in [0.05, 0.1) is 17.6 Å². The van der Waals surface area contributed by atoms with Gasteiger partial charge in [-0.1, -0.05) is 12.1 Å². The first kappa shape index (κ1) is 14.4. The molecule has 0 aromatic heterocycles. The first-order valence-corrected chi connectivity index (χ1v) is 7.30. The topological polar surface area (TPSA) is 122 Å². The van der Waals surface area contributed by atoms with E-state index in [1.54, 1.807) is 0 Å². The largest absolute Gasteiger partial charge is 0.488 e. The van der Waals surface area contributed by atoms with E-state index in [9.17, 15) is 18.5 Å². The fourth-order valence-electron chi connectivity index (χ4n) is 2.13. The van der Waals surface area contributed by atoms with Crippen LogP contribution in [0.25, 0.3) is 0 Å². The Labute approximate surface area is 111 Å². The minimum Gasteiger partial charge on any atom is -0.423 e.